The van der Waals surface area contributed by atoms with E-state index in [4.69, 9.17) is 10.5 Å². The maximum Gasteiger partial charge on any atom is 0.295 e. The van der Waals surface area contributed by atoms with Crippen LogP contribution in [0, 0.1) is 10.1 Å². The molecule has 0 aliphatic carbocycles. The molecule has 0 saturated carbocycles. The van der Waals surface area contributed by atoms with E-state index in [2.05, 4.69) is 0 Å². The summed E-state index contributed by atoms with van der Waals surface area (Å²) >= 11 is 0. The molecule has 2 aromatic rings. The van der Waals surface area contributed by atoms with Gasteiger partial charge in [-0.05, 0) is 11.6 Å². The lowest BCUT2D eigenvalue weighted by atomic mass is 10.2. The van der Waals surface area contributed by atoms with Gasteiger partial charge in [0.05, 0.1) is 4.92 Å². The number of rotatable bonds is 4. The largest absolute Gasteiger partial charge is 0.486 e. The summed E-state index contributed by atoms with van der Waals surface area (Å²) in [6.45, 7) is 0.326. The zero-order valence-electron chi connectivity index (χ0n) is 9.58. The van der Waals surface area contributed by atoms with E-state index in [0.29, 0.717) is 12.4 Å². The van der Waals surface area contributed by atoms with Crippen LogP contribution >= 0.6 is 0 Å². The molecule has 0 fully saturated rings. The van der Waals surface area contributed by atoms with E-state index in [1.54, 1.807) is 12.1 Å². The van der Waals surface area contributed by atoms with Crippen LogP contribution in [0.25, 0.3) is 0 Å². The first-order valence-electron chi connectivity index (χ1n) is 5.38. The number of para-hydroxylation sites is 1. The molecule has 2 N–H and O–H groups in total. The zero-order valence-corrected chi connectivity index (χ0v) is 9.58. The van der Waals surface area contributed by atoms with Gasteiger partial charge in [0.25, 0.3) is 5.69 Å². The molecule has 2 aromatic carbocycles. The summed E-state index contributed by atoms with van der Waals surface area (Å²) in [5.41, 5.74) is 6.57. The number of nitrogens with zero attached hydrogens (tertiary/aromatic N) is 1. The standard InChI is InChI=1S/C13H12N2O3/c14-13-11(15(16)17)7-4-8-12(13)18-9-10-5-2-1-3-6-10/h1-8H,9,14H2. The highest BCUT2D eigenvalue weighted by Crippen LogP contribution is 2.31. The summed E-state index contributed by atoms with van der Waals surface area (Å²) in [5, 5.41) is 10.7. The number of hydrogen-bond donors (Lipinski definition) is 1. The fraction of sp³-hybridized carbons (Fsp3) is 0.0769. The van der Waals surface area contributed by atoms with E-state index in [-0.39, 0.29) is 11.4 Å². The maximum absolute atomic E-state index is 10.7. The summed E-state index contributed by atoms with van der Waals surface area (Å²) in [6, 6.07) is 14.0. The minimum Gasteiger partial charge on any atom is -0.486 e. The van der Waals surface area contributed by atoms with Gasteiger partial charge in [-0.15, -0.1) is 0 Å². The third-order valence-electron chi connectivity index (χ3n) is 2.48. The Morgan fingerprint density at radius 2 is 1.83 bits per heavy atom. The first kappa shape index (κ1) is 11.9. The number of nitro benzene ring substituents is 1. The van der Waals surface area contributed by atoms with Crippen molar-refractivity contribution in [3.63, 3.8) is 0 Å². The lowest BCUT2D eigenvalue weighted by molar-refractivity contribution is -0.384. The maximum atomic E-state index is 10.7. The minimum absolute atomic E-state index is 0.0541. The number of ether oxygens (including phenoxy) is 1. The number of nitrogen functional groups attached to an aromatic ring is 1. The Hall–Kier alpha value is -2.56. The highest BCUT2D eigenvalue weighted by Gasteiger charge is 2.15. The molecule has 2 rings (SSSR count). The van der Waals surface area contributed by atoms with Crippen molar-refractivity contribution in [1.29, 1.82) is 0 Å². The van der Waals surface area contributed by atoms with Crippen molar-refractivity contribution in [1.82, 2.24) is 0 Å². The summed E-state index contributed by atoms with van der Waals surface area (Å²) in [4.78, 5) is 10.2. The molecule has 0 saturated heterocycles. The summed E-state index contributed by atoms with van der Waals surface area (Å²) in [5.74, 6) is 0.327. The van der Waals surface area contributed by atoms with E-state index in [9.17, 15) is 10.1 Å². The van der Waals surface area contributed by atoms with Crippen LogP contribution in [0.1, 0.15) is 5.56 Å². The second-order valence-corrected chi connectivity index (χ2v) is 3.72. The van der Waals surface area contributed by atoms with Crippen molar-refractivity contribution in [3.05, 3.63) is 64.2 Å². The van der Waals surface area contributed by atoms with Crippen molar-refractivity contribution in [2.45, 2.75) is 6.61 Å². The molecule has 5 heteroatoms. The molecular weight excluding hydrogens is 232 g/mol. The van der Waals surface area contributed by atoms with Crippen LogP contribution in [-0.2, 0) is 6.61 Å². The van der Waals surface area contributed by atoms with Crippen molar-refractivity contribution < 1.29 is 9.66 Å². The number of nitrogens with two attached hydrogens (primary N) is 1. The van der Waals surface area contributed by atoms with Crippen LogP contribution in [0.5, 0.6) is 5.75 Å². The topological polar surface area (TPSA) is 78.4 Å². The molecule has 0 radical (unpaired) electrons. The molecule has 0 atom stereocenters. The quantitative estimate of drug-likeness (QED) is 0.509. The van der Waals surface area contributed by atoms with Gasteiger partial charge in [0, 0.05) is 6.07 Å². The monoisotopic (exact) mass is 244 g/mol. The summed E-state index contributed by atoms with van der Waals surface area (Å²) in [6.07, 6.45) is 0. The van der Waals surface area contributed by atoms with E-state index < -0.39 is 4.92 Å². The van der Waals surface area contributed by atoms with Gasteiger partial charge in [0.1, 0.15) is 12.4 Å². The van der Waals surface area contributed by atoms with Crippen molar-refractivity contribution >= 4 is 11.4 Å². The minimum atomic E-state index is -0.523. The van der Waals surface area contributed by atoms with E-state index in [1.807, 2.05) is 30.3 Å². The van der Waals surface area contributed by atoms with Crippen LogP contribution in [0.2, 0.25) is 0 Å². The summed E-state index contributed by atoms with van der Waals surface area (Å²) < 4.78 is 5.48. The molecule has 0 bridgehead atoms. The molecule has 92 valence electrons. The van der Waals surface area contributed by atoms with Gasteiger partial charge in [0.15, 0.2) is 5.69 Å². The van der Waals surface area contributed by atoms with Gasteiger partial charge < -0.3 is 10.5 Å². The number of anilines is 1. The lowest BCUT2D eigenvalue weighted by Crippen LogP contribution is -2.01. The highest BCUT2D eigenvalue weighted by molar-refractivity contribution is 5.66. The number of nitro groups is 1. The Kier molecular flexibility index (Phi) is 3.43. The smallest absolute Gasteiger partial charge is 0.295 e. The predicted octanol–water partition coefficient (Wildman–Crippen LogP) is 2.76. The predicted molar refractivity (Wildman–Crippen MR) is 68.3 cm³/mol. The van der Waals surface area contributed by atoms with Gasteiger partial charge in [0.2, 0.25) is 0 Å². The average Bonchev–Trinajstić information content (AvgIpc) is 2.38. The Bertz CT molecular complexity index is 555. The van der Waals surface area contributed by atoms with E-state index >= 15 is 0 Å². The van der Waals surface area contributed by atoms with Crippen LogP contribution in [0.4, 0.5) is 11.4 Å². The van der Waals surface area contributed by atoms with Crippen LogP contribution in [0.15, 0.2) is 48.5 Å². The van der Waals surface area contributed by atoms with Crippen LogP contribution in [-0.4, -0.2) is 4.92 Å². The van der Waals surface area contributed by atoms with E-state index in [1.165, 1.54) is 6.07 Å². The molecule has 0 aromatic heterocycles. The first-order valence-corrected chi connectivity index (χ1v) is 5.38. The van der Waals surface area contributed by atoms with Gasteiger partial charge in [-0.1, -0.05) is 36.4 Å². The molecule has 0 spiro atoms. The average molecular weight is 244 g/mol. The summed E-state index contributed by atoms with van der Waals surface area (Å²) in [7, 11) is 0. The number of benzene rings is 2. The van der Waals surface area contributed by atoms with Gasteiger partial charge >= 0.3 is 0 Å². The third-order valence-corrected chi connectivity index (χ3v) is 2.48. The fourth-order valence-electron chi connectivity index (χ4n) is 1.55. The molecule has 0 aliphatic heterocycles. The molecule has 0 amide bonds. The molecule has 5 nitrogen and oxygen atoms in total. The van der Waals surface area contributed by atoms with Gasteiger partial charge in [-0.25, -0.2) is 0 Å². The SMILES string of the molecule is Nc1c(OCc2ccccc2)cccc1[N+](=O)[O-]. The molecule has 0 unspecified atom stereocenters. The van der Waals surface area contributed by atoms with Gasteiger partial charge in [-0.2, -0.15) is 0 Å². The zero-order chi connectivity index (χ0) is 13.0. The second kappa shape index (κ2) is 5.18. The molecule has 0 aliphatic rings. The Balaban J connectivity index is 2.15. The van der Waals surface area contributed by atoms with Crippen LogP contribution < -0.4 is 10.5 Å². The van der Waals surface area contributed by atoms with Crippen LogP contribution in [0.3, 0.4) is 0 Å². The van der Waals surface area contributed by atoms with Gasteiger partial charge in [-0.3, -0.25) is 10.1 Å². The third kappa shape index (κ3) is 2.57. The Morgan fingerprint density at radius 1 is 1.11 bits per heavy atom. The molecular formula is C13H12N2O3. The molecule has 18 heavy (non-hydrogen) atoms. The highest BCUT2D eigenvalue weighted by atomic mass is 16.6. The normalized spacial score (nSPS) is 10.0. The second-order valence-electron chi connectivity index (χ2n) is 3.72. The first-order chi connectivity index (χ1) is 8.68. The Morgan fingerprint density at radius 3 is 2.50 bits per heavy atom. The van der Waals surface area contributed by atoms with E-state index in [0.717, 1.165) is 5.56 Å². The van der Waals surface area contributed by atoms with Crippen molar-refractivity contribution in [2.75, 3.05) is 5.73 Å². The fourth-order valence-corrected chi connectivity index (χ4v) is 1.55. The molecule has 0 heterocycles. The van der Waals surface area contributed by atoms with Crippen molar-refractivity contribution in [3.8, 4) is 5.75 Å². The van der Waals surface area contributed by atoms with Crippen molar-refractivity contribution in [2.24, 2.45) is 0 Å². The number of hydrogen-bond acceptors (Lipinski definition) is 4. The lowest BCUT2D eigenvalue weighted by Gasteiger charge is -2.08. The Labute approximate surface area is 104 Å².